The molecule has 8 aromatic carbocycles. The molecule has 0 bridgehead atoms. The number of anilines is 5. The van der Waals surface area contributed by atoms with Crippen LogP contribution in [0, 0.1) is 6.92 Å². The van der Waals surface area contributed by atoms with Gasteiger partial charge in [0.05, 0.1) is 5.69 Å². The van der Waals surface area contributed by atoms with Gasteiger partial charge in [-0.3, -0.25) is 0 Å². The van der Waals surface area contributed by atoms with Gasteiger partial charge in [0.2, 0.25) is 6.71 Å². The van der Waals surface area contributed by atoms with Crippen LogP contribution in [0.3, 0.4) is 0 Å². The highest BCUT2D eigenvalue weighted by Crippen LogP contribution is 2.61. The number of hydrogen-bond donors (Lipinski definition) is 0. The lowest BCUT2D eigenvalue weighted by Gasteiger charge is -2.50. The predicted molar refractivity (Wildman–Crippen MR) is 356 cm³/mol. The van der Waals surface area contributed by atoms with Crippen molar-refractivity contribution in [1.82, 2.24) is 0 Å². The zero-order chi connectivity index (χ0) is 58.7. The van der Waals surface area contributed by atoms with E-state index in [0.29, 0.717) is 0 Å². The van der Waals surface area contributed by atoms with E-state index in [1.54, 1.807) is 16.7 Å². The molecule has 9 aromatic rings. The van der Waals surface area contributed by atoms with Crippen LogP contribution in [0.15, 0.2) is 143 Å². The van der Waals surface area contributed by atoms with E-state index in [0.717, 1.165) is 34.0 Å². The van der Waals surface area contributed by atoms with E-state index in [-0.39, 0.29) is 50.0 Å². The third kappa shape index (κ3) is 6.62. The first-order valence-electron chi connectivity index (χ1n) is 31.7. The number of nitrogens with zero attached hydrogens (tertiary/aromatic N) is 2. The van der Waals surface area contributed by atoms with E-state index in [4.69, 9.17) is 4.42 Å². The lowest BCUT2D eigenvalue weighted by atomic mass is 9.32. The minimum Gasteiger partial charge on any atom is -0.454 e. The van der Waals surface area contributed by atoms with E-state index in [2.05, 4.69) is 261 Å². The van der Waals surface area contributed by atoms with E-state index in [1.165, 1.54) is 137 Å². The Morgan fingerprint density at radius 3 is 1.58 bits per heavy atom. The van der Waals surface area contributed by atoms with Gasteiger partial charge in [0.15, 0.2) is 5.58 Å². The zero-order valence-corrected chi connectivity index (χ0v) is 53.1. The third-order valence-electron chi connectivity index (χ3n) is 23.6. The van der Waals surface area contributed by atoms with Gasteiger partial charge in [-0.2, -0.15) is 0 Å². The first-order chi connectivity index (χ1) is 39.6. The van der Waals surface area contributed by atoms with Gasteiger partial charge >= 0.3 is 0 Å². The van der Waals surface area contributed by atoms with Crippen LogP contribution in [0.1, 0.15) is 220 Å². The predicted octanol–water partition coefficient (Wildman–Crippen LogP) is 19.6. The fourth-order valence-electron chi connectivity index (χ4n) is 18.5. The van der Waals surface area contributed by atoms with Crippen molar-refractivity contribution in [3.63, 3.8) is 0 Å². The molecule has 422 valence electrons. The molecule has 0 fully saturated rings. The van der Waals surface area contributed by atoms with Crippen LogP contribution >= 0.6 is 0 Å². The summed E-state index contributed by atoms with van der Waals surface area (Å²) in [7, 11) is 0. The molecule has 0 saturated carbocycles. The lowest BCUT2D eigenvalue weighted by molar-refractivity contribution is 0.330. The summed E-state index contributed by atoms with van der Waals surface area (Å²) in [6, 6.07) is 53.3. The second kappa shape index (κ2) is 16.3. The number of hydrogen-bond acceptors (Lipinski definition) is 3. The zero-order valence-electron chi connectivity index (χ0n) is 53.1. The Morgan fingerprint density at radius 1 is 0.405 bits per heavy atom. The number of para-hydroxylation sites is 2. The maximum atomic E-state index is 7.16. The Bertz CT molecular complexity index is 4500. The Balaban J connectivity index is 1.01. The number of allylic oxidation sites excluding steroid dienone is 1. The van der Waals surface area contributed by atoms with Crippen molar-refractivity contribution in [2.45, 2.75) is 193 Å². The van der Waals surface area contributed by atoms with Crippen molar-refractivity contribution in [2.24, 2.45) is 0 Å². The maximum Gasteiger partial charge on any atom is 0.247 e. The summed E-state index contributed by atoms with van der Waals surface area (Å²) >= 11 is 0. The smallest absolute Gasteiger partial charge is 0.247 e. The van der Waals surface area contributed by atoms with Crippen LogP contribution in [0.5, 0.6) is 0 Å². The molecule has 7 aliphatic rings. The number of aryl methyl sites for hydroxylation is 1. The highest BCUT2D eigenvalue weighted by atomic mass is 16.3. The van der Waals surface area contributed by atoms with Gasteiger partial charge in [0, 0.05) is 66.4 Å². The second-order valence-electron chi connectivity index (χ2n) is 31.8. The lowest BCUT2D eigenvalue weighted by Crippen LogP contribution is -2.56. The molecule has 84 heavy (non-hydrogen) atoms. The summed E-state index contributed by atoms with van der Waals surface area (Å²) in [5, 5.41) is 2.29. The molecule has 3 nitrogen and oxygen atoms in total. The molecule has 2 aliphatic heterocycles. The molecule has 1 aromatic heterocycles. The quantitative estimate of drug-likeness (QED) is 0.161. The first-order valence-corrected chi connectivity index (χ1v) is 31.7. The highest BCUT2D eigenvalue weighted by molar-refractivity contribution is 6.96. The fourth-order valence-corrected chi connectivity index (χ4v) is 18.5. The van der Waals surface area contributed by atoms with Gasteiger partial charge in [-0.05, 0) is 192 Å². The topological polar surface area (TPSA) is 19.6 Å². The summed E-state index contributed by atoms with van der Waals surface area (Å²) in [5.74, 6) is 0. The van der Waals surface area contributed by atoms with Gasteiger partial charge in [-0.15, -0.1) is 0 Å². The molecule has 0 atom stereocenters. The standard InChI is InChI=1S/C80H83BN2O/c1-45-37-66-70-67(38-45)83(64-27-22-24-49-47-23-18-21-28-68(47)84-72(49)64)65-44-61-60(79(14,15)58-41-56-57(42-59(58)80(61,16)17)78(12,13)53-26-20-19-25-52(53)77(56,10)11)43-62(65)81(70)63-40-50-48(30-32-54-69(50)76(8,9)36-35-74(54,4)5)71(63)82(66)46-29-31-51-55(39-46)75(6,7)34-33-73(51,2)3/h18-32,37-39,41-44H,33-36,40H2,1-17H3. The number of furan rings is 1. The van der Waals surface area contributed by atoms with Crippen LogP contribution in [0.2, 0.25) is 0 Å². The molecule has 0 spiro atoms. The van der Waals surface area contributed by atoms with E-state index >= 15 is 0 Å². The molecule has 4 heteroatoms. The van der Waals surface area contributed by atoms with Gasteiger partial charge < -0.3 is 14.2 Å². The minimum atomic E-state index is -0.333. The Morgan fingerprint density at radius 2 is 0.929 bits per heavy atom. The molecule has 0 N–H and O–H groups in total. The van der Waals surface area contributed by atoms with Crippen LogP contribution in [-0.2, 0) is 49.7 Å². The van der Waals surface area contributed by atoms with Crippen molar-refractivity contribution in [2.75, 3.05) is 9.80 Å². The largest absolute Gasteiger partial charge is 0.454 e. The molecular formula is C80H83BN2O. The van der Waals surface area contributed by atoms with Gasteiger partial charge in [-0.25, -0.2) is 0 Å². The number of rotatable bonds is 2. The normalized spacial score (nSPS) is 21.1. The summed E-state index contributed by atoms with van der Waals surface area (Å²) in [4.78, 5) is 5.43. The van der Waals surface area contributed by atoms with Crippen molar-refractivity contribution >= 4 is 73.7 Å². The number of fused-ring (bicyclic) bond motifs is 15. The Hall–Kier alpha value is -7.04. The Labute approximate surface area is 500 Å². The summed E-state index contributed by atoms with van der Waals surface area (Å²) < 4.78 is 7.16. The van der Waals surface area contributed by atoms with Crippen molar-refractivity contribution < 1.29 is 4.42 Å². The molecule has 3 heterocycles. The second-order valence-corrected chi connectivity index (χ2v) is 31.8. The molecule has 0 unspecified atom stereocenters. The van der Waals surface area contributed by atoms with Gasteiger partial charge in [-0.1, -0.05) is 207 Å². The van der Waals surface area contributed by atoms with Crippen molar-refractivity contribution in [3.8, 4) is 0 Å². The first kappa shape index (κ1) is 52.5. The third-order valence-corrected chi connectivity index (χ3v) is 23.6. The maximum absolute atomic E-state index is 7.16. The number of benzene rings is 8. The van der Waals surface area contributed by atoms with Crippen LogP contribution in [0.25, 0.3) is 27.6 Å². The average molecular weight is 1100 g/mol. The van der Waals surface area contributed by atoms with E-state index in [1.807, 2.05) is 0 Å². The molecular weight excluding hydrogens is 1020 g/mol. The monoisotopic (exact) mass is 1100 g/mol. The fraction of sp³-hybridized carbons (Fsp3) is 0.375. The SMILES string of the molecule is Cc1cc2c3c(c1)N(c1cccc4c1oc1ccccc14)c1cc4c(cc1B3C1=C(c3ccc5c(c3C1)C(C)(C)CCC5(C)C)N2c1ccc2c(c1)C(C)(C)CCC2(C)C)C(C)(C)c1cc2c(cc1C4(C)C)C(C)(C)c1ccccc1C2(C)C. The van der Waals surface area contributed by atoms with Crippen LogP contribution < -0.4 is 20.7 Å². The summed E-state index contributed by atoms with van der Waals surface area (Å²) in [5.41, 5.74) is 34.8. The van der Waals surface area contributed by atoms with Gasteiger partial charge in [0.1, 0.15) is 5.58 Å². The summed E-state index contributed by atoms with van der Waals surface area (Å²) in [6.45, 7) is 42.3. The molecule has 0 radical (unpaired) electrons. The highest BCUT2D eigenvalue weighted by Gasteiger charge is 2.54. The van der Waals surface area contributed by atoms with E-state index < -0.39 is 0 Å². The molecule has 0 saturated heterocycles. The van der Waals surface area contributed by atoms with Gasteiger partial charge in [0.25, 0.3) is 0 Å². The minimum absolute atomic E-state index is 0.0101. The molecule has 0 amide bonds. The molecule has 16 rings (SSSR count). The average Bonchev–Trinajstić information content (AvgIpc) is 1.11. The van der Waals surface area contributed by atoms with Crippen molar-refractivity contribution in [1.29, 1.82) is 0 Å². The Kier molecular flexibility index (Phi) is 10.2. The van der Waals surface area contributed by atoms with E-state index in [9.17, 15) is 0 Å². The van der Waals surface area contributed by atoms with Crippen molar-refractivity contribution in [3.05, 3.63) is 222 Å². The summed E-state index contributed by atoms with van der Waals surface area (Å²) in [6.07, 6.45) is 5.63. The van der Waals surface area contributed by atoms with Crippen LogP contribution in [-0.4, -0.2) is 6.71 Å². The van der Waals surface area contributed by atoms with Crippen LogP contribution in [0.4, 0.5) is 28.4 Å². The molecule has 5 aliphatic carbocycles.